The van der Waals surface area contributed by atoms with Crippen LogP contribution < -0.4 is 10.6 Å². The summed E-state index contributed by atoms with van der Waals surface area (Å²) in [4.78, 5) is 2.26. The van der Waals surface area contributed by atoms with Gasteiger partial charge in [0.1, 0.15) is 5.69 Å². The van der Waals surface area contributed by atoms with Crippen LogP contribution in [0.4, 0.5) is 5.69 Å². The zero-order chi connectivity index (χ0) is 13.2. The SMILES string of the molecule is NC1CCN(c2cnoc2-c2ccccc2Cl)CC1. The van der Waals surface area contributed by atoms with Crippen LogP contribution in [-0.2, 0) is 0 Å². The largest absolute Gasteiger partial charge is 0.367 e. The molecule has 19 heavy (non-hydrogen) atoms. The fourth-order valence-electron chi connectivity index (χ4n) is 2.43. The van der Waals surface area contributed by atoms with Gasteiger partial charge in [0.2, 0.25) is 0 Å². The first-order valence-electron chi connectivity index (χ1n) is 6.46. The third-order valence-electron chi connectivity index (χ3n) is 3.55. The molecule has 0 spiro atoms. The van der Waals surface area contributed by atoms with Crippen LogP contribution in [0.25, 0.3) is 11.3 Å². The number of piperidine rings is 1. The number of hydrogen-bond acceptors (Lipinski definition) is 4. The highest BCUT2D eigenvalue weighted by Gasteiger charge is 2.22. The maximum Gasteiger partial charge on any atom is 0.191 e. The number of halogens is 1. The lowest BCUT2D eigenvalue weighted by Crippen LogP contribution is -2.39. The summed E-state index contributed by atoms with van der Waals surface area (Å²) in [6.07, 6.45) is 3.75. The predicted octanol–water partition coefficient (Wildman–Crippen LogP) is 2.92. The van der Waals surface area contributed by atoms with Gasteiger partial charge in [-0.25, -0.2) is 0 Å². The molecule has 1 saturated heterocycles. The normalized spacial score (nSPS) is 16.8. The quantitative estimate of drug-likeness (QED) is 0.917. The topological polar surface area (TPSA) is 55.3 Å². The van der Waals surface area contributed by atoms with E-state index in [9.17, 15) is 0 Å². The van der Waals surface area contributed by atoms with Gasteiger partial charge in [-0.1, -0.05) is 28.9 Å². The Morgan fingerprint density at radius 2 is 2.00 bits per heavy atom. The van der Waals surface area contributed by atoms with Gasteiger partial charge in [-0.05, 0) is 25.0 Å². The fraction of sp³-hybridized carbons (Fsp3) is 0.357. The van der Waals surface area contributed by atoms with Crippen LogP contribution in [0, 0.1) is 0 Å². The summed E-state index contributed by atoms with van der Waals surface area (Å²) in [6.45, 7) is 1.86. The van der Waals surface area contributed by atoms with Crippen LogP contribution in [0.3, 0.4) is 0 Å². The molecular formula is C14H16ClN3O. The van der Waals surface area contributed by atoms with E-state index in [0.717, 1.165) is 42.9 Å². The number of rotatable bonds is 2. The smallest absolute Gasteiger partial charge is 0.191 e. The Bertz CT molecular complexity index is 561. The van der Waals surface area contributed by atoms with Crippen molar-refractivity contribution in [2.75, 3.05) is 18.0 Å². The molecule has 2 aromatic rings. The van der Waals surface area contributed by atoms with Gasteiger partial charge in [0.25, 0.3) is 0 Å². The van der Waals surface area contributed by atoms with Crippen molar-refractivity contribution in [3.8, 4) is 11.3 Å². The molecule has 0 bridgehead atoms. The number of benzene rings is 1. The summed E-state index contributed by atoms with van der Waals surface area (Å²) in [5, 5.41) is 4.60. The standard InChI is InChI=1S/C14H16ClN3O/c15-12-4-2-1-3-11(12)14-13(9-17-19-14)18-7-5-10(16)6-8-18/h1-4,9-10H,5-8,16H2. The minimum atomic E-state index is 0.305. The summed E-state index contributed by atoms with van der Waals surface area (Å²) in [7, 11) is 0. The van der Waals surface area contributed by atoms with Gasteiger partial charge in [-0.15, -0.1) is 0 Å². The molecule has 2 heterocycles. The van der Waals surface area contributed by atoms with Crippen molar-refractivity contribution in [2.45, 2.75) is 18.9 Å². The molecule has 0 aliphatic carbocycles. The average molecular weight is 278 g/mol. The Balaban J connectivity index is 1.93. The molecule has 1 aromatic carbocycles. The molecule has 1 aromatic heterocycles. The summed E-state index contributed by atoms with van der Waals surface area (Å²) in [6, 6.07) is 7.96. The molecule has 0 atom stereocenters. The molecule has 100 valence electrons. The molecule has 0 amide bonds. The van der Waals surface area contributed by atoms with Crippen molar-refractivity contribution >= 4 is 17.3 Å². The minimum absolute atomic E-state index is 0.305. The molecule has 1 fully saturated rings. The zero-order valence-electron chi connectivity index (χ0n) is 10.6. The highest BCUT2D eigenvalue weighted by molar-refractivity contribution is 6.33. The average Bonchev–Trinajstić information content (AvgIpc) is 2.89. The number of nitrogens with two attached hydrogens (primary N) is 1. The monoisotopic (exact) mass is 277 g/mol. The van der Waals surface area contributed by atoms with E-state index in [-0.39, 0.29) is 0 Å². The Labute approximate surface area is 117 Å². The van der Waals surface area contributed by atoms with Crippen LogP contribution in [0.2, 0.25) is 5.02 Å². The second kappa shape index (κ2) is 5.23. The third-order valence-corrected chi connectivity index (χ3v) is 3.88. The Morgan fingerprint density at radius 3 is 2.74 bits per heavy atom. The van der Waals surface area contributed by atoms with E-state index in [1.54, 1.807) is 6.20 Å². The number of aromatic nitrogens is 1. The van der Waals surface area contributed by atoms with E-state index in [0.29, 0.717) is 11.1 Å². The van der Waals surface area contributed by atoms with E-state index in [2.05, 4.69) is 10.1 Å². The van der Waals surface area contributed by atoms with Crippen LogP contribution >= 0.6 is 11.6 Å². The second-order valence-corrected chi connectivity index (χ2v) is 5.25. The second-order valence-electron chi connectivity index (χ2n) is 4.84. The number of nitrogens with zero attached hydrogens (tertiary/aromatic N) is 2. The molecule has 2 N–H and O–H groups in total. The first-order chi connectivity index (χ1) is 9.25. The van der Waals surface area contributed by atoms with E-state index >= 15 is 0 Å². The van der Waals surface area contributed by atoms with Crippen molar-refractivity contribution in [3.05, 3.63) is 35.5 Å². The van der Waals surface area contributed by atoms with Crippen molar-refractivity contribution in [1.29, 1.82) is 0 Å². The molecule has 0 saturated carbocycles. The maximum atomic E-state index is 6.22. The van der Waals surface area contributed by atoms with Gasteiger partial charge in [-0.2, -0.15) is 0 Å². The lowest BCUT2D eigenvalue weighted by atomic mass is 10.0. The molecule has 1 aliphatic rings. The van der Waals surface area contributed by atoms with Crippen molar-refractivity contribution in [1.82, 2.24) is 5.16 Å². The lowest BCUT2D eigenvalue weighted by molar-refractivity contribution is 0.431. The molecule has 1 aliphatic heterocycles. The molecular weight excluding hydrogens is 262 g/mol. The Hall–Kier alpha value is -1.52. The fourth-order valence-corrected chi connectivity index (χ4v) is 2.65. The van der Waals surface area contributed by atoms with Crippen LogP contribution in [0.15, 0.2) is 35.0 Å². The molecule has 0 radical (unpaired) electrons. The van der Waals surface area contributed by atoms with Crippen LogP contribution in [0.1, 0.15) is 12.8 Å². The summed E-state index contributed by atoms with van der Waals surface area (Å²) >= 11 is 6.22. The summed E-state index contributed by atoms with van der Waals surface area (Å²) < 4.78 is 5.40. The predicted molar refractivity (Wildman–Crippen MR) is 76.4 cm³/mol. The van der Waals surface area contributed by atoms with E-state index < -0.39 is 0 Å². The van der Waals surface area contributed by atoms with Crippen molar-refractivity contribution in [2.24, 2.45) is 5.73 Å². The Kier molecular flexibility index (Phi) is 3.44. The van der Waals surface area contributed by atoms with E-state index in [4.69, 9.17) is 21.9 Å². The zero-order valence-corrected chi connectivity index (χ0v) is 11.3. The van der Waals surface area contributed by atoms with Crippen LogP contribution in [0.5, 0.6) is 0 Å². The number of anilines is 1. The molecule has 4 nitrogen and oxygen atoms in total. The van der Waals surface area contributed by atoms with Crippen molar-refractivity contribution in [3.63, 3.8) is 0 Å². The van der Waals surface area contributed by atoms with Gasteiger partial charge in [0.15, 0.2) is 5.76 Å². The minimum Gasteiger partial charge on any atom is -0.367 e. The Morgan fingerprint density at radius 1 is 1.26 bits per heavy atom. The van der Waals surface area contributed by atoms with Gasteiger partial charge in [0.05, 0.1) is 11.2 Å². The lowest BCUT2D eigenvalue weighted by Gasteiger charge is -2.31. The van der Waals surface area contributed by atoms with Crippen molar-refractivity contribution < 1.29 is 4.52 Å². The van der Waals surface area contributed by atoms with Gasteiger partial charge in [-0.3, -0.25) is 0 Å². The van der Waals surface area contributed by atoms with Gasteiger partial charge >= 0.3 is 0 Å². The summed E-state index contributed by atoms with van der Waals surface area (Å²) in [5.74, 6) is 0.737. The molecule has 3 rings (SSSR count). The molecule has 5 heteroatoms. The van der Waals surface area contributed by atoms with Gasteiger partial charge in [0, 0.05) is 24.7 Å². The van der Waals surface area contributed by atoms with E-state index in [1.165, 1.54) is 0 Å². The maximum absolute atomic E-state index is 6.22. The first kappa shape index (κ1) is 12.5. The van der Waals surface area contributed by atoms with E-state index in [1.807, 2.05) is 24.3 Å². The summed E-state index contributed by atoms with van der Waals surface area (Å²) in [5.41, 5.74) is 7.82. The number of hydrogen-bond donors (Lipinski definition) is 1. The molecule has 0 unspecified atom stereocenters. The first-order valence-corrected chi connectivity index (χ1v) is 6.83. The van der Waals surface area contributed by atoms with Gasteiger partial charge < -0.3 is 15.2 Å². The third kappa shape index (κ3) is 2.46. The highest BCUT2D eigenvalue weighted by atomic mass is 35.5. The van der Waals surface area contributed by atoms with Crippen LogP contribution in [-0.4, -0.2) is 24.3 Å². The highest BCUT2D eigenvalue weighted by Crippen LogP contribution is 2.35.